The first kappa shape index (κ1) is 10.3. The molecule has 82 valence electrons. The molecule has 0 unspecified atom stereocenters. The molecule has 0 amide bonds. The van der Waals surface area contributed by atoms with E-state index in [1.54, 1.807) is 0 Å². The predicted octanol–water partition coefficient (Wildman–Crippen LogP) is 2.64. The standard InChI is InChI=1S/C12H16O3/c1-2-3-4-10(13)9-5-6-11-12(7-9)15-8-14-11/h5-7,10,13H,2-4,8H2,1H3/t10-/m0/s1. The van der Waals surface area contributed by atoms with Gasteiger partial charge in [0.05, 0.1) is 6.10 Å². The van der Waals surface area contributed by atoms with Gasteiger partial charge in [0.1, 0.15) is 0 Å². The molecule has 0 bridgehead atoms. The zero-order valence-corrected chi connectivity index (χ0v) is 8.90. The molecule has 3 heteroatoms. The highest BCUT2D eigenvalue weighted by molar-refractivity contribution is 5.44. The third kappa shape index (κ3) is 2.23. The first-order valence-electron chi connectivity index (χ1n) is 5.39. The molecule has 1 aromatic carbocycles. The summed E-state index contributed by atoms with van der Waals surface area (Å²) in [7, 11) is 0. The van der Waals surface area contributed by atoms with E-state index in [-0.39, 0.29) is 12.9 Å². The minimum atomic E-state index is -0.389. The van der Waals surface area contributed by atoms with Crippen LogP contribution in [0.2, 0.25) is 0 Å². The van der Waals surface area contributed by atoms with Gasteiger partial charge >= 0.3 is 0 Å². The van der Waals surface area contributed by atoms with E-state index in [4.69, 9.17) is 9.47 Å². The van der Waals surface area contributed by atoms with E-state index in [0.717, 1.165) is 36.3 Å². The first-order chi connectivity index (χ1) is 7.31. The molecule has 0 saturated carbocycles. The molecule has 3 nitrogen and oxygen atoms in total. The largest absolute Gasteiger partial charge is 0.454 e. The molecule has 0 aromatic heterocycles. The van der Waals surface area contributed by atoms with Gasteiger partial charge in [-0.1, -0.05) is 25.8 Å². The monoisotopic (exact) mass is 208 g/mol. The van der Waals surface area contributed by atoms with E-state index in [9.17, 15) is 5.11 Å². The molecule has 1 atom stereocenters. The second-order valence-corrected chi connectivity index (χ2v) is 3.77. The van der Waals surface area contributed by atoms with Crippen LogP contribution in [0.5, 0.6) is 11.5 Å². The number of aliphatic hydroxyl groups excluding tert-OH is 1. The zero-order chi connectivity index (χ0) is 10.7. The van der Waals surface area contributed by atoms with Crippen LogP contribution in [-0.4, -0.2) is 11.9 Å². The highest BCUT2D eigenvalue weighted by atomic mass is 16.7. The Bertz CT molecular complexity index is 336. The lowest BCUT2D eigenvalue weighted by Gasteiger charge is -2.10. The fourth-order valence-electron chi connectivity index (χ4n) is 1.68. The molecular weight excluding hydrogens is 192 g/mol. The van der Waals surface area contributed by atoms with Crippen molar-refractivity contribution in [3.8, 4) is 11.5 Å². The number of rotatable bonds is 4. The van der Waals surface area contributed by atoms with Gasteiger partial charge < -0.3 is 14.6 Å². The fraction of sp³-hybridized carbons (Fsp3) is 0.500. The van der Waals surface area contributed by atoms with Crippen molar-refractivity contribution >= 4 is 0 Å². The number of benzene rings is 1. The summed E-state index contributed by atoms with van der Waals surface area (Å²) in [6.45, 7) is 2.40. The van der Waals surface area contributed by atoms with Crippen molar-refractivity contribution in [2.24, 2.45) is 0 Å². The lowest BCUT2D eigenvalue weighted by atomic mass is 10.0. The molecule has 0 fully saturated rings. The quantitative estimate of drug-likeness (QED) is 0.826. The van der Waals surface area contributed by atoms with E-state index in [0.29, 0.717) is 0 Å². The van der Waals surface area contributed by atoms with Crippen LogP contribution in [0.25, 0.3) is 0 Å². The van der Waals surface area contributed by atoms with E-state index < -0.39 is 0 Å². The molecular formula is C12H16O3. The van der Waals surface area contributed by atoms with Crippen molar-refractivity contribution in [3.63, 3.8) is 0 Å². The Morgan fingerprint density at radius 1 is 1.33 bits per heavy atom. The maximum absolute atomic E-state index is 9.89. The first-order valence-corrected chi connectivity index (χ1v) is 5.39. The van der Waals surface area contributed by atoms with Gasteiger partial charge in [0.25, 0.3) is 0 Å². The van der Waals surface area contributed by atoms with Crippen molar-refractivity contribution in [2.45, 2.75) is 32.3 Å². The minimum Gasteiger partial charge on any atom is -0.454 e. The van der Waals surface area contributed by atoms with E-state index in [1.165, 1.54) is 0 Å². The van der Waals surface area contributed by atoms with Crippen molar-refractivity contribution in [2.75, 3.05) is 6.79 Å². The van der Waals surface area contributed by atoms with Gasteiger partial charge in [-0.2, -0.15) is 0 Å². The van der Waals surface area contributed by atoms with Gasteiger partial charge in [-0.15, -0.1) is 0 Å². The molecule has 15 heavy (non-hydrogen) atoms. The highest BCUT2D eigenvalue weighted by Gasteiger charge is 2.16. The Balaban J connectivity index is 2.08. The van der Waals surface area contributed by atoms with E-state index in [1.807, 2.05) is 18.2 Å². The van der Waals surface area contributed by atoms with Gasteiger partial charge in [0, 0.05) is 0 Å². The summed E-state index contributed by atoms with van der Waals surface area (Å²) in [4.78, 5) is 0. The second-order valence-electron chi connectivity index (χ2n) is 3.77. The Labute approximate surface area is 89.6 Å². The van der Waals surface area contributed by atoms with Gasteiger partial charge in [0.2, 0.25) is 6.79 Å². The molecule has 1 N–H and O–H groups in total. The summed E-state index contributed by atoms with van der Waals surface area (Å²) < 4.78 is 10.5. The number of hydrogen-bond donors (Lipinski definition) is 1. The average Bonchev–Trinajstić information content (AvgIpc) is 2.72. The molecule has 2 rings (SSSR count). The average molecular weight is 208 g/mol. The molecule has 1 aliphatic rings. The molecule has 0 radical (unpaired) electrons. The maximum atomic E-state index is 9.89. The summed E-state index contributed by atoms with van der Waals surface area (Å²) in [5.74, 6) is 1.50. The number of aliphatic hydroxyl groups is 1. The van der Waals surface area contributed by atoms with Crippen LogP contribution in [0.15, 0.2) is 18.2 Å². The molecule has 0 saturated heterocycles. The summed E-state index contributed by atoms with van der Waals surface area (Å²) in [6, 6.07) is 5.61. The van der Waals surface area contributed by atoms with Crippen LogP contribution >= 0.6 is 0 Å². The third-order valence-electron chi connectivity index (χ3n) is 2.61. The number of ether oxygens (including phenoxy) is 2. The smallest absolute Gasteiger partial charge is 0.231 e. The zero-order valence-electron chi connectivity index (χ0n) is 8.90. The minimum absolute atomic E-state index is 0.282. The molecule has 1 aliphatic heterocycles. The predicted molar refractivity (Wildman–Crippen MR) is 57.0 cm³/mol. The fourth-order valence-corrected chi connectivity index (χ4v) is 1.68. The SMILES string of the molecule is CCCC[C@H](O)c1ccc2c(c1)OCO2. The summed E-state index contributed by atoms with van der Waals surface area (Å²) in [5.41, 5.74) is 0.910. The van der Waals surface area contributed by atoms with Crippen molar-refractivity contribution < 1.29 is 14.6 Å². The Morgan fingerprint density at radius 3 is 2.93 bits per heavy atom. The Kier molecular flexibility index (Phi) is 3.11. The van der Waals surface area contributed by atoms with Gasteiger partial charge in [-0.25, -0.2) is 0 Å². The molecule has 0 aliphatic carbocycles. The Morgan fingerprint density at radius 2 is 2.13 bits per heavy atom. The van der Waals surface area contributed by atoms with Crippen molar-refractivity contribution in [1.29, 1.82) is 0 Å². The highest BCUT2D eigenvalue weighted by Crippen LogP contribution is 2.34. The van der Waals surface area contributed by atoms with Crippen LogP contribution < -0.4 is 9.47 Å². The maximum Gasteiger partial charge on any atom is 0.231 e. The number of fused-ring (bicyclic) bond motifs is 1. The van der Waals surface area contributed by atoms with Crippen LogP contribution in [0.3, 0.4) is 0 Å². The van der Waals surface area contributed by atoms with Gasteiger partial charge in [-0.3, -0.25) is 0 Å². The van der Waals surface area contributed by atoms with Crippen LogP contribution in [0, 0.1) is 0 Å². The summed E-state index contributed by atoms with van der Waals surface area (Å²) >= 11 is 0. The van der Waals surface area contributed by atoms with Crippen LogP contribution in [-0.2, 0) is 0 Å². The molecule has 0 spiro atoms. The topological polar surface area (TPSA) is 38.7 Å². The second kappa shape index (κ2) is 4.53. The summed E-state index contributed by atoms with van der Waals surface area (Å²) in [6.07, 6.45) is 2.55. The van der Waals surface area contributed by atoms with E-state index in [2.05, 4.69) is 6.92 Å². The molecule has 1 aromatic rings. The van der Waals surface area contributed by atoms with Gasteiger partial charge in [-0.05, 0) is 24.1 Å². The van der Waals surface area contributed by atoms with Crippen LogP contribution in [0.4, 0.5) is 0 Å². The number of unbranched alkanes of at least 4 members (excludes halogenated alkanes) is 1. The lowest BCUT2D eigenvalue weighted by Crippen LogP contribution is -1.97. The van der Waals surface area contributed by atoms with Gasteiger partial charge in [0.15, 0.2) is 11.5 Å². The number of hydrogen-bond acceptors (Lipinski definition) is 3. The van der Waals surface area contributed by atoms with Crippen molar-refractivity contribution in [3.05, 3.63) is 23.8 Å². The van der Waals surface area contributed by atoms with Crippen molar-refractivity contribution in [1.82, 2.24) is 0 Å². The molecule has 1 heterocycles. The summed E-state index contributed by atoms with van der Waals surface area (Å²) in [5, 5.41) is 9.89. The normalized spacial score (nSPS) is 15.3. The Hall–Kier alpha value is -1.22. The van der Waals surface area contributed by atoms with Crippen LogP contribution in [0.1, 0.15) is 37.9 Å². The third-order valence-corrected chi connectivity index (χ3v) is 2.61. The van der Waals surface area contributed by atoms with E-state index >= 15 is 0 Å². The lowest BCUT2D eigenvalue weighted by molar-refractivity contribution is 0.162.